The maximum Gasteiger partial charge on any atom is 0.342 e. The number of aliphatic hydroxyl groups is 2. The molecule has 0 radical (unpaired) electrons. The quantitative estimate of drug-likeness (QED) is 0.0722. The van der Waals surface area contributed by atoms with Crippen molar-refractivity contribution in [2.45, 2.75) is 168 Å². The molecule has 5 aliphatic heterocycles. The lowest BCUT2D eigenvalue weighted by Gasteiger charge is -2.37. The second-order valence-electron chi connectivity index (χ2n) is 25.2. The molecule has 30 nitrogen and oxygen atoms in total. The lowest BCUT2D eigenvalue weighted by molar-refractivity contribution is -0.163. The molecule has 6 aliphatic rings. The van der Waals surface area contributed by atoms with Crippen LogP contribution in [-0.2, 0) is 57.4 Å². The van der Waals surface area contributed by atoms with Crippen molar-refractivity contribution >= 4 is 87.8 Å². The smallest absolute Gasteiger partial charge is 0.342 e. The summed E-state index contributed by atoms with van der Waals surface area (Å²) in [6, 6.07) is -9.60. The Morgan fingerprint density at radius 2 is 1.35 bits per heavy atom. The highest BCUT2D eigenvalue weighted by Gasteiger charge is 2.50. The zero-order valence-corrected chi connectivity index (χ0v) is 53.9. The minimum absolute atomic E-state index is 0.0223. The first kappa shape index (κ1) is 69.7. The van der Waals surface area contributed by atoms with Gasteiger partial charge in [0.05, 0.1) is 30.4 Å². The molecule has 496 valence electrons. The van der Waals surface area contributed by atoms with Crippen molar-refractivity contribution in [1.29, 1.82) is 0 Å². The molecule has 4 saturated heterocycles. The van der Waals surface area contributed by atoms with Gasteiger partial charge in [0.15, 0.2) is 11.3 Å². The van der Waals surface area contributed by atoms with Gasteiger partial charge in [0.25, 0.3) is 5.91 Å². The Balaban J connectivity index is 1.25. The second-order valence-corrected chi connectivity index (χ2v) is 25.2. The molecule has 1 aliphatic carbocycles. The Bertz CT molecular complexity index is 3460. The number of nitrogens with zero attached hydrogens (tertiary/aromatic N) is 7. The van der Waals surface area contributed by atoms with Crippen molar-refractivity contribution in [3.63, 3.8) is 0 Å². The molecule has 10 amide bonds. The molecule has 0 bridgehead atoms. The number of carbonyl (C=O) groups excluding carboxylic acids is 12. The topological polar surface area (TPSA) is 400 Å². The summed E-state index contributed by atoms with van der Waals surface area (Å²) in [4.78, 5) is 196. The van der Waals surface area contributed by atoms with Gasteiger partial charge in [-0.25, -0.2) is 14.6 Å². The highest BCUT2D eigenvalue weighted by atomic mass is 16.5. The third kappa shape index (κ3) is 13.9. The molecule has 0 spiro atoms. The molecule has 4 fully saturated rings. The summed E-state index contributed by atoms with van der Waals surface area (Å²) in [7, 11) is 5.33. The van der Waals surface area contributed by atoms with Crippen molar-refractivity contribution in [3.8, 4) is 11.5 Å². The van der Waals surface area contributed by atoms with Gasteiger partial charge in [-0.3, -0.25) is 52.7 Å². The molecular formula is C61H84N12O18. The zero-order valence-electron chi connectivity index (χ0n) is 53.9. The number of aromatic nitrogens is 1. The molecule has 8 N–H and O–H groups in total. The Morgan fingerprint density at radius 3 is 1.97 bits per heavy atom. The van der Waals surface area contributed by atoms with Gasteiger partial charge in [0.1, 0.15) is 83.9 Å². The van der Waals surface area contributed by atoms with E-state index >= 15 is 0 Å². The number of carbonyl (C=O) groups is 12. The Kier molecular flexibility index (Phi) is 21.2. The second kappa shape index (κ2) is 27.7. The standard InChI is InChI=1S/C61H84N12O18/c1-25(2)41-57(84)72-20-16-17-34(72)56(83)68(12)22-37(76)70(14)31(10)52(79)67-45(55(82)64-41)36(75)24-89-60(87)39-40(62)49(78)30(9)51-46(39)63-44-33(19-18-28(7)50(44)91-51)53(80)66-43-32(11)90-61(88)47(27(5)6)71(15)38(77)23-69(13)59(86)48-35(74)21-29(8)73(48)58(85)42(26(3)4)65-54(43)81/h18-19,25-27,29,31-32,34-36,41-43,45,47-48,74-75H,16-17,20-24,62H2,1-15H3,(H,64,82)(H,65,81)(H,66,80)(H,67,79)/t29-,31-,32+,34-,35+,36+,41-,42+,43+,45+,47-,48+/m0/s1. The van der Waals surface area contributed by atoms with Crippen molar-refractivity contribution in [3.05, 3.63) is 44.6 Å². The number of esters is 2. The number of ether oxygens (including phenoxy) is 2. The van der Waals surface area contributed by atoms with Crippen molar-refractivity contribution < 1.29 is 81.6 Å². The highest BCUT2D eigenvalue weighted by molar-refractivity contribution is 6.09. The van der Waals surface area contributed by atoms with Gasteiger partial charge in [0.2, 0.25) is 58.6 Å². The van der Waals surface area contributed by atoms with Crippen LogP contribution in [0.1, 0.15) is 113 Å². The van der Waals surface area contributed by atoms with E-state index in [2.05, 4.69) is 26.3 Å². The monoisotopic (exact) mass is 1270 g/mol. The number of nitrogens with one attached hydrogen (secondary N) is 4. The number of nitrogens with two attached hydrogens (primary N) is 1. The first-order valence-electron chi connectivity index (χ1n) is 30.3. The minimum atomic E-state index is -2.13. The Hall–Kier alpha value is -8.80. The fourth-order valence-electron chi connectivity index (χ4n) is 12.0. The van der Waals surface area contributed by atoms with E-state index in [0.29, 0.717) is 12.0 Å². The first-order valence-corrected chi connectivity index (χ1v) is 30.3. The van der Waals surface area contributed by atoms with E-state index in [-0.39, 0.29) is 47.4 Å². The lowest BCUT2D eigenvalue weighted by atomic mass is 9.99. The number of hydrogen-bond acceptors (Lipinski definition) is 20. The van der Waals surface area contributed by atoms with Gasteiger partial charge in [-0.05, 0) is 83.3 Å². The number of likely N-dealkylation sites (N-methyl/N-ethyl adjacent to an activating group) is 4. The average molecular weight is 1270 g/mol. The van der Waals surface area contributed by atoms with Crippen LogP contribution in [0.5, 0.6) is 0 Å². The number of aliphatic hydroxyl groups excluding tert-OH is 2. The van der Waals surface area contributed by atoms with E-state index in [0.717, 1.165) is 19.6 Å². The fraction of sp³-hybridized carbons (Fsp3) is 0.607. The number of aryl methyl sites for hydroxylation is 1. The average Bonchev–Trinajstić information content (AvgIpc) is 1.35. The molecule has 7 rings (SSSR count). The summed E-state index contributed by atoms with van der Waals surface area (Å²) in [5.41, 5.74) is 3.04. The number of fused-ring (bicyclic) bond motifs is 4. The Labute approximate surface area is 525 Å². The van der Waals surface area contributed by atoms with E-state index in [4.69, 9.17) is 19.6 Å². The summed E-state index contributed by atoms with van der Waals surface area (Å²) < 4.78 is 17.8. The molecule has 1 aromatic rings. The first-order chi connectivity index (χ1) is 42.5. The number of anilines is 1. The number of cyclic esters (lactones) is 1. The van der Waals surface area contributed by atoms with Crippen molar-refractivity contribution in [2.24, 2.45) is 17.8 Å². The van der Waals surface area contributed by atoms with Gasteiger partial charge >= 0.3 is 11.9 Å². The summed E-state index contributed by atoms with van der Waals surface area (Å²) >= 11 is 0. The number of amides is 10. The van der Waals surface area contributed by atoms with Crippen LogP contribution in [0, 0.1) is 31.6 Å². The van der Waals surface area contributed by atoms with Gasteiger partial charge in [-0.1, -0.05) is 47.6 Å². The summed E-state index contributed by atoms with van der Waals surface area (Å²) in [6.45, 7) is 14.9. The summed E-state index contributed by atoms with van der Waals surface area (Å²) in [5, 5.41) is 33.3. The molecule has 0 aromatic heterocycles. The van der Waals surface area contributed by atoms with Crippen molar-refractivity contribution in [2.75, 3.05) is 60.2 Å². The predicted molar refractivity (Wildman–Crippen MR) is 324 cm³/mol. The van der Waals surface area contributed by atoms with E-state index in [1.807, 2.05) is 0 Å². The van der Waals surface area contributed by atoms with E-state index in [1.54, 1.807) is 55.4 Å². The van der Waals surface area contributed by atoms with Crippen LogP contribution in [-0.4, -0.2) is 243 Å². The minimum Gasteiger partial charge on any atom is -0.459 e. The fourth-order valence-corrected chi connectivity index (χ4v) is 12.0. The maximum absolute atomic E-state index is 15.0. The van der Waals surface area contributed by atoms with Crippen LogP contribution >= 0.6 is 0 Å². The van der Waals surface area contributed by atoms with Crippen LogP contribution in [0.15, 0.2) is 21.3 Å². The molecule has 1 aromatic carbocycles. The largest absolute Gasteiger partial charge is 0.459 e. The molecular weight excluding hydrogens is 1190 g/mol. The van der Waals surface area contributed by atoms with Crippen LogP contribution in [0.4, 0.5) is 5.69 Å². The number of rotatable bonds is 9. The maximum atomic E-state index is 15.0. The molecule has 91 heavy (non-hydrogen) atoms. The van der Waals surface area contributed by atoms with Crippen LogP contribution in [0.2, 0.25) is 0 Å². The van der Waals surface area contributed by atoms with Gasteiger partial charge in [0, 0.05) is 46.3 Å². The third-order valence-corrected chi connectivity index (χ3v) is 17.6. The van der Waals surface area contributed by atoms with Crippen LogP contribution < -0.4 is 32.4 Å². The normalized spacial score (nSPS) is 27.1. The van der Waals surface area contributed by atoms with Crippen LogP contribution in [0.25, 0.3) is 22.6 Å². The highest BCUT2D eigenvalue weighted by Crippen LogP contribution is 2.36. The lowest BCUT2D eigenvalue weighted by Crippen LogP contribution is -2.62. The number of hydrogen-bond donors (Lipinski definition) is 7. The Morgan fingerprint density at radius 1 is 0.769 bits per heavy atom. The van der Waals surface area contributed by atoms with Gasteiger partial charge in [-0.15, -0.1) is 0 Å². The molecule has 30 heteroatoms. The SMILES string of the molecule is Cc1c2oc3c(C)ccc(C(=O)N[C@H]4C(=O)N[C@H](C(C)C)C(=O)N5[C@@H](C)C[C@@H](O)[C@@H]5C(=O)N(C)CC(=O)N(C)[C@@H](C(C)C)C(=O)O[C@@H]4C)c3nc-2c(C(=O)OC[C@@H](O)[C@H]2NC(=O)[C@H](C)N(C)C(=O)CN(C)C(=O)[C@@H]3CCCN3C(=O)[C@H](C(C)C)NC2=O)c(N)c1=O. The van der Waals surface area contributed by atoms with Gasteiger partial charge < -0.3 is 80.5 Å². The zero-order chi connectivity index (χ0) is 67.8. The summed E-state index contributed by atoms with van der Waals surface area (Å²) in [6.07, 6.45) is -4.35. The molecule has 0 saturated carbocycles. The third-order valence-electron chi connectivity index (χ3n) is 17.6. The van der Waals surface area contributed by atoms with E-state index in [1.165, 1.54) is 70.9 Å². The number of benzene rings is 2. The molecule has 0 unspecified atom stereocenters. The number of nitrogen functional groups attached to an aromatic ring is 1. The van der Waals surface area contributed by atoms with E-state index in [9.17, 15) is 72.5 Å². The van der Waals surface area contributed by atoms with E-state index < -0.39 is 204 Å². The van der Waals surface area contributed by atoms with Crippen LogP contribution in [0.3, 0.4) is 0 Å². The summed E-state index contributed by atoms with van der Waals surface area (Å²) in [5.74, 6) is -12.9. The molecule has 12 atom stereocenters. The predicted octanol–water partition coefficient (Wildman–Crippen LogP) is -1.58. The van der Waals surface area contributed by atoms with Crippen molar-refractivity contribution in [1.82, 2.24) is 55.7 Å². The molecule has 5 heterocycles. The van der Waals surface area contributed by atoms with Gasteiger partial charge in [-0.2, -0.15) is 0 Å².